The second-order valence-corrected chi connectivity index (χ2v) is 5.96. The fourth-order valence-corrected chi connectivity index (χ4v) is 3.14. The van der Waals surface area contributed by atoms with Crippen LogP contribution in [0, 0.1) is 0 Å². The molecule has 0 aromatic carbocycles. The van der Waals surface area contributed by atoms with Crippen molar-refractivity contribution in [1.29, 1.82) is 0 Å². The first-order valence-electron chi connectivity index (χ1n) is 5.91. The molecule has 3 atom stereocenters. The number of fused-ring (bicyclic) bond motifs is 2. The summed E-state index contributed by atoms with van der Waals surface area (Å²) in [5, 5.41) is 3.21. The molecule has 2 aliphatic rings. The molecule has 6 heteroatoms. The Morgan fingerprint density at radius 1 is 1.56 bits per heavy atom. The summed E-state index contributed by atoms with van der Waals surface area (Å²) < 4.78 is 6.44. The van der Waals surface area contributed by atoms with Crippen LogP contribution in [-0.4, -0.2) is 29.1 Å². The van der Waals surface area contributed by atoms with Crippen LogP contribution in [0.4, 0.5) is 0 Å². The molecule has 3 heterocycles. The fraction of sp³-hybridized carbons (Fsp3) is 0.500. The highest BCUT2D eigenvalue weighted by atomic mass is 79.9. The van der Waals surface area contributed by atoms with Crippen LogP contribution in [0.1, 0.15) is 29.6 Å². The minimum Gasteiger partial charge on any atom is -0.373 e. The smallest absolute Gasteiger partial charge is 0.254 e. The van der Waals surface area contributed by atoms with E-state index in [1.807, 2.05) is 0 Å². The molecule has 1 amide bonds. The van der Waals surface area contributed by atoms with Gasteiger partial charge in [0.1, 0.15) is 5.15 Å². The zero-order valence-corrected chi connectivity index (χ0v) is 11.9. The Kier molecular flexibility index (Phi) is 3.30. The number of nitrogens with zero attached hydrogens (tertiary/aromatic N) is 1. The summed E-state index contributed by atoms with van der Waals surface area (Å²) >= 11 is 9.22. The third-order valence-electron chi connectivity index (χ3n) is 3.47. The number of pyridine rings is 1. The van der Waals surface area contributed by atoms with Crippen molar-refractivity contribution in [2.24, 2.45) is 0 Å². The zero-order chi connectivity index (χ0) is 12.7. The molecule has 1 aromatic rings. The van der Waals surface area contributed by atoms with Crippen LogP contribution < -0.4 is 5.32 Å². The summed E-state index contributed by atoms with van der Waals surface area (Å²) in [5.74, 6) is -0.185. The van der Waals surface area contributed by atoms with Crippen molar-refractivity contribution in [1.82, 2.24) is 10.3 Å². The van der Waals surface area contributed by atoms with Gasteiger partial charge in [0.25, 0.3) is 5.91 Å². The molecule has 0 aliphatic carbocycles. The molecule has 0 saturated carbocycles. The molecule has 2 aliphatic heterocycles. The molecule has 0 spiro atoms. The molecule has 2 fully saturated rings. The maximum atomic E-state index is 12.1. The van der Waals surface area contributed by atoms with Gasteiger partial charge in [0.15, 0.2) is 0 Å². The van der Waals surface area contributed by atoms with Gasteiger partial charge in [0, 0.05) is 10.7 Å². The van der Waals surface area contributed by atoms with E-state index in [4.69, 9.17) is 16.3 Å². The Morgan fingerprint density at radius 3 is 3.06 bits per heavy atom. The lowest BCUT2D eigenvalue weighted by atomic mass is 9.95. The van der Waals surface area contributed by atoms with E-state index in [9.17, 15) is 4.79 Å². The average molecular weight is 332 g/mol. The molecule has 4 nitrogen and oxygen atoms in total. The van der Waals surface area contributed by atoms with Crippen molar-refractivity contribution in [3.8, 4) is 0 Å². The molecule has 1 N–H and O–H groups in total. The predicted molar refractivity (Wildman–Crippen MR) is 70.7 cm³/mol. The number of carbonyl (C=O) groups excluding carboxylic acids is 1. The van der Waals surface area contributed by atoms with Gasteiger partial charge in [-0.15, -0.1) is 0 Å². The maximum absolute atomic E-state index is 12.1. The number of halogens is 2. The minimum absolute atomic E-state index is 0.103. The van der Waals surface area contributed by atoms with Crippen LogP contribution in [-0.2, 0) is 4.74 Å². The largest absolute Gasteiger partial charge is 0.373 e. The molecular weight excluding hydrogens is 320 g/mol. The lowest BCUT2D eigenvalue weighted by Gasteiger charge is -2.20. The van der Waals surface area contributed by atoms with E-state index in [-0.39, 0.29) is 23.2 Å². The fourth-order valence-electron chi connectivity index (χ4n) is 2.62. The van der Waals surface area contributed by atoms with Gasteiger partial charge in [-0.25, -0.2) is 4.98 Å². The third-order valence-corrected chi connectivity index (χ3v) is 4.21. The number of amides is 1. The topological polar surface area (TPSA) is 51.2 Å². The van der Waals surface area contributed by atoms with E-state index in [1.54, 1.807) is 12.3 Å². The van der Waals surface area contributed by atoms with Gasteiger partial charge in [-0.2, -0.15) is 0 Å². The lowest BCUT2D eigenvalue weighted by Crippen LogP contribution is -2.41. The van der Waals surface area contributed by atoms with E-state index >= 15 is 0 Å². The number of rotatable bonds is 2. The molecule has 0 radical (unpaired) electrons. The first-order valence-corrected chi connectivity index (χ1v) is 7.08. The number of hydrogen-bond donors (Lipinski definition) is 1. The van der Waals surface area contributed by atoms with Crippen molar-refractivity contribution < 1.29 is 9.53 Å². The Bertz CT molecular complexity index is 497. The monoisotopic (exact) mass is 330 g/mol. The van der Waals surface area contributed by atoms with Crippen LogP contribution in [0.5, 0.6) is 0 Å². The maximum Gasteiger partial charge on any atom is 0.254 e. The third kappa shape index (κ3) is 2.27. The van der Waals surface area contributed by atoms with Crippen LogP contribution in [0.3, 0.4) is 0 Å². The van der Waals surface area contributed by atoms with Gasteiger partial charge in [-0.1, -0.05) is 11.6 Å². The quantitative estimate of drug-likeness (QED) is 0.847. The first kappa shape index (κ1) is 12.4. The summed E-state index contributed by atoms with van der Waals surface area (Å²) in [6.07, 6.45) is 5.08. The SMILES string of the molecule is O=C(NC1CC2CCC1O2)c1cc(Br)cnc1Cl. The van der Waals surface area contributed by atoms with Crippen LogP contribution >= 0.6 is 27.5 Å². The van der Waals surface area contributed by atoms with Gasteiger partial charge in [-0.3, -0.25) is 4.79 Å². The minimum atomic E-state index is -0.185. The number of hydrogen-bond acceptors (Lipinski definition) is 3. The Balaban J connectivity index is 1.73. The van der Waals surface area contributed by atoms with E-state index in [0.29, 0.717) is 11.7 Å². The number of ether oxygens (including phenoxy) is 1. The van der Waals surface area contributed by atoms with Crippen molar-refractivity contribution in [3.63, 3.8) is 0 Å². The first-order chi connectivity index (χ1) is 8.63. The van der Waals surface area contributed by atoms with Crippen LogP contribution in [0.25, 0.3) is 0 Å². The van der Waals surface area contributed by atoms with Crippen molar-refractivity contribution >= 4 is 33.4 Å². The molecule has 2 bridgehead atoms. The van der Waals surface area contributed by atoms with E-state index in [1.165, 1.54) is 0 Å². The average Bonchev–Trinajstić information content (AvgIpc) is 2.94. The van der Waals surface area contributed by atoms with Crippen molar-refractivity contribution in [2.45, 2.75) is 37.5 Å². The second kappa shape index (κ2) is 4.79. The zero-order valence-electron chi connectivity index (χ0n) is 9.53. The summed E-state index contributed by atoms with van der Waals surface area (Å²) in [4.78, 5) is 16.1. The molecular formula is C12H12BrClN2O2. The number of carbonyl (C=O) groups is 1. The second-order valence-electron chi connectivity index (χ2n) is 4.68. The Morgan fingerprint density at radius 2 is 2.39 bits per heavy atom. The molecule has 96 valence electrons. The Hall–Kier alpha value is -0.650. The standard InChI is InChI=1S/C12H12BrClN2O2/c13-6-3-8(11(14)15-5-6)12(17)16-9-4-7-1-2-10(9)18-7/h3,5,7,9-10H,1-2,4H2,(H,16,17). The van der Waals surface area contributed by atoms with Gasteiger partial charge >= 0.3 is 0 Å². The lowest BCUT2D eigenvalue weighted by molar-refractivity contribution is 0.0840. The van der Waals surface area contributed by atoms with E-state index in [2.05, 4.69) is 26.2 Å². The molecule has 18 heavy (non-hydrogen) atoms. The molecule has 3 unspecified atom stereocenters. The van der Waals surface area contributed by atoms with Gasteiger partial charge in [-0.05, 0) is 41.3 Å². The molecule has 3 rings (SSSR count). The number of nitrogens with one attached hydrogen (secondary N) is 1. The van der Waals surface area contributed by atoms with E-state index in [0.717, 1.165) is 23.7 Å². The highest BCUT2D eigenvalue weighted by Crippen LogP contribution is 2.34. The normalized spacial score (nSPS) is 29.6. The van der Waals surface area contributed by atoms with Crippen LogP contribution in [0.15, 0.2) is 16.7 Å². The number of aromatic nitrogens is 1. The summed E-state index contributed by atoms with van der Waals surface area (Å²) in [6.45, 7) is 0. The molecule has 2 saturated heterocycles. The van der Waals surface area contributed by atoms with Crippen molar-refractivity contribution in [3.05, 3.63) is 27.5 Å². The van der Waals surface area contributed by atoms with Crippen LogP contribution in [0.2, 0.25) is 5.15 Å². The molecule has 1 aromatic heterocycles. The van der Waals surface area contributed by atoms with Gasteiger partial charge < -0.3 is 10.1 Å². The van der Waals surface area contributed by atoms with E-state index < -0.39 is 0 Å². The predicted octanol–water partition coefficient (Wildman–Crippen LogP) is 2.55. The van der Waals surface area contributed by atoms with Crippen molar-refractivity contribution in [2.75, 3.05) is 0 Å². The van der Waals surface area contributed by atoms with Gasteiger partial charge in [0.2, 0.25) is 0 Å². The van der Waals surface area contributed by atoms with Gasteiger partial charge in [0.05, 0.1) is 23.8 Å². The highest BCUT2D eigenvalue weighted by Gasteiger charge is 2.41. The summed E-state index contributed by atoms with van der Waals surface area (Å²) in [7, 11) is 0. The highest BCUT2D eigenvalue weighted by molar-refractivity contribution is 9.10. The summed E-state index contributed by atoms with van der Waals surface area (Å²) in [6, 6.07) is 1.78. The Labute approximate surface area is 118 Å². The summed E-state index contributed by atoms with van der Waals surface area (Å²) in [5.41, 5.74) is 0.397.